The third kappa shape index (κ3) is 4.57. The van der Waals surface area contributed by atoms with E-state index in [4.69, 9.17) is 11.6 Å². The fraction of sp³-hybridized carbons (Fsp3) is 0.0400. The van der Waals surface area contributed by atoms with E-state index in [1.54, 1.807) is 6.07 Å². The second-order valence-electron chi connectivity index (χ2n) is 6.98. The SMILES string of the molecule is O=[N+]([O-])c1cccc(C[P+](c2ccccc2)(c2ccccc2)c2ccccc2)c1Cl.[Br-]. The molecule has 0 aliphatic heterocycles. The lowest BCUT2D eigenvalue weighted by Gasteiger charge is -2.28. The number of nitrogens with zero attached hydrogens (tertiary/aromatic N) is 1. The van der Waals surface area contributed by atoms with Gasteiger partial charge in [-0.2, -0.15) is 0 Å². The van der Waals surface area contributed by atoms with Crippen LogP contribution in [0.1, 0.15) is 5.56 Å². The van der Waals surface area contributed by atoms with E-state index in [1.807, 2.05) is 60.7 Å². The molecule has 156 valence electrons. The third-order valence-corrected chi connectivity index (χ3v) is 10.0. The van der Waals surface area contributed by atoms with Gasteiger partial charge in [-0.25, -0.2) is 0 Å². The first-order valence-corrected chi connectivity index (χ1v) is 11.9. The van der Waals surface area contributed by atoms with Crippen molar-refractivity contribution < 1.29 is 21.9 Å². The van der Waals surface area contributed by atoms with E-state index in [9.17, 15) is 10.1 Å². The van der Waals surface area contributed by atoms with Crippen LogP contribution < -0.4 is 32.9 Å². The van der Waals surface area contributed by atoms with Crippen LogP contribution in [0.3, 0.4) is 0 Å². The first-order chi connectivity index (χ1) is 14.6. The van der Waals surface area contributed by atoms with Gasteiger partial charge in [0, 0.05) is 11.6 Å². The molecule has 0 aliphatic carbocycles. The molecule has 0 radical (unpaired) electrons. The summed E-state index contributed by atoms with van der Waals surface area (Å²) in [6.45, 7) is 0. The van der Waals surface area contributed by atoms with Crippen molar-refractivity contribution in [2.24, 2.45) is 0 Å². The van der Waals surface area contributed by atoms with Crippen LogP contribution in [0.5, 0.6) is 0 Å². The van der Waals surface area contributed by atoms with E-state index >= 15 is 0 Å². The van der Waals surface area contributed by atoms with Crippen LogP contribution in [-0.2, 0) is 6.16 Å². The summed E-state index contributed by atoms with van der Waals surface area (Å²) in [5.74, 6) is 0. The summed E-state index contributed by atoms with van der Waals surface area (Å²) in [5, 5.41) is 15.3. The molecule has 4 aromatic carbocycles. The van der Waals surface area contributed by atoms with Gasteiger partial charge in [-0.15, -0.1) is 0 Å². The molecule has 0 aromatic heterocycles. The van der Waals surface area contributed by atoms with E-state index in [0.717, 1.165) is 5.56 Å². The number of halogens is 2. The van der Waals surface area contributed by atoms with Crippen molar-refractivity contribution >= 4 is 40.5 Å². The topological polar surface area (TPSA) is 43.1 Å². The van der Waals surface area contributed by atoms with Gasteiger partial charge < -0.3 is 17.0 Å². The smallest absolute Gasteiger partial charge is 0.288 e. The van der Waals surface area contributed by atoms with Gasteiger partial charge in [-0.3, -0.25) is 10.1 Å². The van der Waals surface area contributed by atoms with Gasteiger partial charge in [0.25, 0.3) is 5.69 Å². The molecule has 0 heterocycles. The molecule has 0 aliphatic rings. The van der Waals surface area contributed by atoms with Gasteiger partial charge in [0.2, 0.25) is 0 Å². The average molecular weight is 513 g/mol. The van der Waals surface area contributed by atoms with E-state index in [-0.39, 0.29) is 27.7 Å². The molecule has 4 rings (SSSR count). The molecule has 0 fully saturated rings. The summed E-state index contributed by atoms with van der Waals surface area (Å²) in [6, 6.07) is 36.3. The summed E-state index contributed by atoms with van der Waals surface area (Å²) in [5.41, 5.74) is 0.734. The van der Waals surface area contributed by atoms with Crippen molar-refractivity contribution in [3.63, 3.8) is 0 Å². The minimum absolute atomic E-state index is 0. The Kier molecular flexibility index (Phi) is 7.61. The van der Waals surface area contributed by atoms with Crippen molar-refractivity contribution in [2.75, 3.05) is 0 Å². The molecule has 0 amide bonds. The Bertz CT molecular complexity index is 1060. The maximum absolute atomic E-state index is 11.5. The Labute approximate surface area is 198 Å². The van der Waals surface area contributed by atoms with Crippen LogP contribution >= 0.6 is 18.9 Å². The van der Waals surface area contributed by atoms with Crippen molar-refractivity contribution in [3.8, 4) is 0 Å². The molecule has 3 nitrogen and oxygen atoms in total. The summed E-state index contributed by atoms with van der Waals surface area (Å²) >= 11 is 6.55. The predicted octanol–water partition coefficient (Wildman–Crippen LogP) is 2.75. The van der Waals surface area contributed by atoms with E-state index in [2.05, 4.69) is 36.4 Å². The number of hydrogen-bond acceptors (Lipinski definition) is 2. The molecular formula is C25H20BrClNO2P. The molecule has 0 spiro atoms. The minimum Gasteiger partial charge on any atom is -1.00 e. The summed E-state index contributed by atoms with van der Waals surface area (Å²) in [6.07, 6.45) is 0.603. The number of hydrogen-bond donors (Lipinski definition) is 0. The third-order valence-electron chi connectivity index (χ3n) is 5.25. The molecule has 0 unspecified atom stereocenters. The lowest BCUT2D eigenvalue weighted by Crippen LogP contribution is -3.00. The number of benzene rings is 4. The zero-order valence-electron chi connectivity index (χ0n) is 16.6. The van der Waals surface area contributed by atoms with Crippen LogP contribution in [-0.4, -0.2) is 4.92 Å². The molecule has 0 atom stereocenters. The second-order valence-corrected chi connectivity index (χ2v) is 10.8. The average Bonchev–Trinajstić information content (AvgIpc) is 2.80. The highest BCUT2D eigenvalue weighted by Gasteiger charge is 2.46. The lowest BCUT2D eigenvalue weighted by molar-refractivity contribution is -0.384. The van der Waals surface area contributed by atoms with Crippen LogP contribution in [0, 0.1) is 10.1 Å². The van der Waals surface area contributed by atoms with Gasteiger partial charge >= 0.3 is 0 Å². The highest BCUT2D eigenvalue weighted by molar-refractivity contribution is 7.95. The van der Waals surface area contributed by atoms with Crippen molar-refractivity contribution in [1.82, 2.24) is 0 Å². The van der Waals surface area contributed by atoms with E-state index < -0.39 is 12.2 Å². The second kappa shape index (κ2) is 10.2. The highest BCUT2D eigenvalue weighted by Crippen LogP contribution is 2.59. The standard InChI is InChI=1S/C25H20ClNO2P.BrH/c26-25-20(11-10-18-24(25)27(28)29)19-30(21-12-4-1-5-13-21,22-14-6-2-7-15-22)23-16-8-3-9-17-23;/h1-18H,19H2;1H/q+1;/p-1. The Morgan fingerprint density at radius 1 is 0.677 bits per heavy atom. The fourth-order valence-electron chi connectivity index (χ4n) is 3.85. The fourth-order valence-corrected chi connectivity index (χ4v) is 8.47. The number of nitro benzene ring substituents is 1. The van der Waals surface area contributed by atoms with Gasteiger partial charge in [0.1, 0.15) is 34.4 Å². The van der Waals surface area contributed by atoms with Gasteiger partial charge in [-0.05, 0) is 36.4 Å². The first-order valence-electron chi connectivity index (χ1n) is 9.59. The van der Waals surface area contributed by atoms with Crippen molar-refractivity contribution in [2.45, 2.75) is 6.16 Å². The highest BCUT2D eigenvalue weighted by atomic mass is 79.9. The van der Waals surface area contributed by atoms with Gasteiger partial charge in [0.15, 0.2) is 0 Å². The summed E-state index contributed by atoms with van der Waals surface area (Å²) in [4.78, 5) is 11.1. The zero-order chi connectivity index (χ0) is 21.0. The minimum atomic E-state index is -2.16. The molecule has 0 bridgehead atoms. The van der Waals surface area contributed by atoms with Crippen molar-refractivity contribution in [1.29, 1.82) is 0 Å². The van der Waals surface area contributed by atoms with E-state index in [1.165, 1.54) is 22.0 Å². The summed E-state index contributed by atoms with van der Waals surface area (Å²) < 4.78 is 0. The maximum Gasteiger partial charge on any atom is 0.288 e. The molecule has 4 aromatic rings. The quantitative estimate of drug-likeness (QED) is 0.227. The van der Waals surface area contributed by atoms with Gasteiger partial charge in [-0.1, -0.05) is 78.3 Å². The Morgan fingerprint density at radius 2 is 1.10 bits per heavy atom. The zero-order valence-corrected chi connectivity index (χ0v) is 19.8. The largest absolute Gasteiger partial charge is 1.00 e. The van der Waals surface area contributed by atoms with Crippen LogP contribution in [0.25, 0.3) is 0 Å². The molecule has 0 saturated heterocycles. The van der Waals surface area contributed by atoms with Gasteiger partial charge in [0.05, 0.1) is 4.92 Å². The number of nitro groups is 1. The molecule has 31 heavy (non-hydrogen) atoms. The Morgan fingerprint density at radius 3 is 1.48 bits per heavy atom. The lowest BCUT2D eigenvalue weighted by atomic mass is 10.2. The van der Waals surface area contributed by atoms with E-state index in [0.29, 0.717) is 6.16 Å². The monoisotopic (exact) mass is 511 g/mol. The van der Waals surface area contributed by atoms with Crippen LogP contribution in [0.2, 0.25) is 5.02 Å². The molecule has 6 heteroatoms. The maximum atomic E-state index is 11.5. The first kappa shape index (κ1) is 23.1. The number of rotatable bonds is 6. The normalized spacial score (nSPS) is 10.9. The molecule has 0 N–H and O–H groups in total. The van der Waals surface area contributed by atoms with Crippen molar-refractivity contribution in [3.05, 3.63) is 130 Å². The predicted molar refractivity (Wildman–Crippen MR) is 127 cm³/mol. The molecular weight excluding hydrogens is 493 g/mol. The van der Waals surface area contributed by atoms with Crippen LogP contribution in [0.4, 0.5) is 5.69 Å². The molecule has 0 saturated carbocycles. The summed E-state index contributed by atoms with van der Waals surface area (Å²) in [7, 11) is -2.16. The van der Waals surface area contributed by atoms with Crippen LogP contribution in [0.15, 0.2) is 109 Å². The Hall–Kier alpha value is -2.52. The Balaban J connectivity index is 0.00000272.